The average molecular weight is 336 g/mol. The molecule has 0 fully saturated rings. The zero-order chi connectivity index (χ0) is 16.5. The number of hydrogen-bond donors (Lipinski definition) is 1. The number of aryl methyl sites for hydroxylation is 1. The second-order valence-corrected chi connectivity index (χ2v) is 6.27. The summed E-state index contributed by atoms with van der Waals surface area (Å²) in [4.78, 5) is 4.52. The van der Waals surface area contributed by atoms with Crippen molar-refractivity contribution in [2.24, 2.45) is 0 Å². The molecule has 1 aromatic heterocycles. The van der Waals surface area contributed by atoms with Gasteiger partial charge >= 0.3 is 0 Å². The van der Waals surface area contributed by atoms with Gasteiger partial charge in [0.25, 0.3) is 0 Å². The molecule has 1 aliphatic rings. The van der Waals surface area contributed by atoms with Crippen LogP contribution in [0.15, 0.2) is 53.7 Å². The number of aromatic nitrogens is 3. The molecule has 6 heteroatoms. The SMILES string of the molecule is CSc1nnc2c(n1)O[C@H](c1ccccc1C)Nc1ccccc1-2. The number of thioether (sulfide) groups is 1. The van der Waals surface area contributed by atoms with E-state index in [-0.39, 0.29) is 6.23 Å². The quantitative estimate of drug-likeness (QED) is 0.712. The van der Waals surface area contributed by atoms with Gasteiger partial charge in [0.2, 0.25) is 11.0 Å². The summed E-state index contributed by atoms with van der Waals surface area (Å²) in [6.45, 7) is 2.07. The van der Waals surface area contributed by atoms with Gasteiger partial charge in [0, 0.05) is 16.8 Å². The summed E-state index contributed by atoms with van der Waals surface area (Å²) in [7, 11) is 0. The van der Waals surface area contributed by atoms with E-state index in [1.807, 2.05) is 42.7 Å². The maximum atomic E-state index is 6.21. The van der Waals surface area contributed by atoms with E-state index in [1.54, 1.807) is 0 Å². The van der Waals surface area contributed by atoms with Crippen LogP contribution < -0.4 is 10.1 Å². The van der Waals surface area contributed by atoms with E-state index in [4.69, 9.17) is 4.74 Å². The van der Waals surface area contributed by atoms with Crippen LogP contribution >= 0.6 is 11.8 Å². The molecule has 1 atom stereocenters. The van der Waals surface area contributed by atoms with Gasteiger partial charge in [0.05, 0.1) is 0 Å². The van der Waals surface area contributed by atoms with Gasteiger partial charge in [-0.15, -0.1) is 10.2 Å². The molecule has 0 aliphatic carbocycles. The molecule has 0 amide bonds. The second kappa shape index (κ2) is 6.13. The molecule has 2 aromatic carbocycles. The molecule has 2 heterocycles. The molecule has 5 nitrogen and oxygen atoms in total. The molecule has 0 spiro atoms. The number of fused-ring (bicyclic) bond motifs is 3. The molecule has 0 radical (unpaired) electrons. The normalized spacial score (nSPS) is 15.5. The van der Waals surface area contributed by atoms with Crippen LogP contribution in [0.5, 0.6) is 5.88 Å². The Hall–Kier alpha value is -2.60. The van der Waals surface area contributed by atoms with Crippen LogP contribution in [-0.4, -0.2) is 21.4 Å². The zero-order valence-corrected chi connectivity index (χ0v) is 14.2. The van der Waals surface area contributed by atoms with Gasteiger partial charge in [-0.2, -0.15) is 4.98 Å². The van der Waals surface area contributed by atoms with Crippen molar-refractivity contribution in [2.45, 2.75) is 18.3 Å². The first-order chi connectivity index (χ1) is 11.8. The Kier molecular flexibility index (Phi) is 3.82. The number of para-hydroxylation sites is 1. The number of anilines is 1. The van der Waals surface area contributed by atoms with E-state index in [2.05, 4.69) is 39.6 Å². The first kappa shape index (κ1) is 15.0. The lowest BCUT2D eigenvalue weighted by molar-refractivity contribution is 0.224. The fourth-order valence-electron chi connectivity index (χ4n) is 2.76. The number of ether oxygens (including phenoxy) is 1. The lowest BCUT2D eigenvalue weighted by atomic mass is 10.1. The average Bonchev–Trinajstić information content (AvgIpc) is 2.78. The summed E-state index contributed by atoms with van der Waals surface area (Å²) >= 11 is 1.44. The zero-order valence-electron chi connectivity index (χ0n) is 13.4. The molecule has 0 saturated carbocycles. The fourth-order valence-corrected chi connectivity index (χ4v) is 3.05. The third-order valence-electron chi connectivity index (χ3n) is 3.99. The Bertz CT molecular complexity index is 900. The molecular weight excluding hydrogens is 320 g/mol. The van der Waals surface area contributed by atoms with Crippen LogP contribution in [0.3, 0.4) is 0 Å². The van der Waals surface area contributed by atoms with Crippen molar-refractivity contribution in [3.8, 4) is 17.1 Å². The van der Waals surface area contributed by atoms with Gasteiger partial charge in [-0.25, -0.2) is 0 Å². The Balaban J connectivity index is 1.89. The molecule has 0 unspecified atom stereocenters. The van der Waals surface area contributed by atoms with Crippen molar-refractivity contribution in [3.05, 3.63) is 59.7 Å². The standard InChI is InChI=1S/C18H16N4OS/c1-11-7-3-4-8-12(11)16-19-14-10-6-5-9-13(14)15-17(23-16)20-18(24-2)22-21-15/h3-10,16,19H,1-2H3/t16-/m1/s1. The fraction of sp³-hybridized carbons (Fsp3) is 0.167. The van der Waals surface area contributed by atoms with E-state index in [0.717, 1.165) is 22.4 Å². The third kappa shape index (κ3) is 2.59. The third-order valence-corrected chi connectivity index (χ3v) is 4.53. The molecule has 24 heavy (non-hydrogen) atoms. The molecule has 1 aliphatic heterocycles. The lowest BCUT2D eigenvalue weighted by Gasteiger charge is -2.20. The minimum atomic E-state index is -0.333. The van der Waals surface area contributed by atoms with Crippen molar-refractivity contribution in [2.75, 3.05) is 11.6 Å². The van der Waals surface area contributed by atoms with Gasteiger partial charge in [0.1, 0.15) is 0 Å². The minimum Gasteiger partial charge on any atom is -0.448 e. The Labute approximate surface area is 144 Å². The smallest absolute Gasteiger partial charge is 0.247 e. The van der Waals surface area contributed by atoms with Crippen LogP contribution in [0.2, 0.25) is 0 Å². The summed E-state index contributed by atoms with van der Waals surface area (Å²) < 4.78 is 6.21. The predicted octanol–water partition coefficient (Wildman–Crippen LogP) is 4.07. The van der Waals surface area contributed by atoms with Gasteiger partial charge < -0.3 is 10.1 Å². The maximum Gasteiger partial charge on any atom is 0.247 e. The molecule has 3 aromatic rings. The van der Waals surface area contributed by atoms with Gasteiger partial charge in [0.15, 0.2) is 11.9 Å². The molecule has 0 bridgehead atoms. The summed E-state index contributed by atoms with van der Waals surface area (Å²) in [5.74, 6) is 0.500. The van der Waals surface area contributed by atoms with Crippen molar-refractivity contribution in [1.29, 1.82) is 0 Å². The van der Waals surface area contributed by atoms with Crippen LogP contribution in [-0.2, 0) is 0 Å². The number of rotatable bonds is 2. The summed E-state index contributed by atoms with van der Waals surface area (Å²) in [5, 5.41) is 12.6. The first-order valence-electron chi connectivity index (χ1n) is 7.63. The van der Waals surface area contributed by atoms with Gasteiger partial charge in [-0.3, -0.25) is 0 Å². The topological polar surface area (TPSA) is 59.9 Å². The monoisotopic (exact) mass is 336 g/mol. The van der Waals surface area contributed by atoms with E-state index in [1.165, 1.54) is 11.8 Å². The summed E-state index contributed by atoms with van der Waals surface area (Å²) in [6, 6.07) is 16.1. The Morgan fingerprint density at radius 3 is 2.67 bits per heavy atom. The molecule has 4 rings (SSSR count). The highest BCUT2D eigenvalue weighted by molar-refractivity contribution is 7.98. The molecule has 0 saturated heterocycles. The van der Waals surface area contributed by atoms with Crippen molar-refractivity contribution in [3.63, 3.8) is 0 Å². The van der Waals surface area contributed by atoms with Crippen LogP contribution in [0.1, 0.15) is 17.4 Å². The van der Waals surface area contributed by atoms with E-state index < -0.39 is 0 Å². The Morgan fingerprint density at radius 2 is 1.83 bits per heavy atom. The highest BCUT2D eigenvalue weighted by atomic mass is 32.2. The van der Waals surface area contributed by atoms with Crippen LogP contribution in [0.25, 0.3) is 11.3 Å². The Morgan fingerprint density at radius 1 is 1.04 bits per heavy atom. The first-order valence-corrected chi connectivity index (χ1v) is 8.85. The second-order valence-electron chi connectivity index (χ2n) is 5.50. The van der Waals surface area contributed by atoms with Gasteiger partial charge in [-0.05, 0) is 24.8 Å². The van der Waals surface area contributed by atoms with Crippen LogP contribution in [0, 0.1) is 6.92 Å². The van der Waals surface area contributed by atoms with E-state index in [9.17, 15) is 0 Å². The number of hydrogen-bond acceptors (Lipinski definition) is 6. The maximum absolute atomic E-state index is 6.21. The van der Waals surface area contributed by atoms with Crippen molar-refractivity contribution < 1.29 is 4.74 Å². The van der Waals surface area contributed by atoms with E-state index >= 15 is 0 Å². The lowest BCUT2D eigenvalue weighted by Crippen LogP contribution is -2.18. The number of nitrogens with zero attached hydrogens (tertiary/aromatic N) is 3. The van der Waals surface area contributed by atoms with Crippen molar-refractivity contribution in [1.82, 2.24) is 15.2 Å². The highest BCUT2D eigenvalue weighted by Gasteiger charge is 2.26. The minimum absolute atomic E-state index is 0.333. The van der Waals surface area contributed by atoms with E-state index in [0.29, 0.717) is 16.7 Å². The summed E-state index contributed by atoms with van der Waals surface area (Å²) in [5.41, 5.74) is 4.79. The molecule has 120 valence electrons. The summed E-state index contributed by atoms with van der Waals surface area (Å²) in [6.07, 6.45) is 1.59. The van der Waals surface area contributed by atoms with Crippen molar-refractivity contribution >= 4 is 17.4 Å². The number of nitrogens with one attached hydrogen (secondary N) is 1. The predicted molar refractivity (Wildman–Crippen MR) is 95.2 cm³/mol. The number of benzene rings is 2. The van der Waals surface area contributed by atoms with Crippen LogP contribution in [0.4, 0.5) is 5.69 Å². The largest absolute Gasteiger partial charge is 0.448 e. The highest BCUT2D eigenvalue weighted by Crippen LogP contribution is 2.39. The van der Waals surface area contributed by atoms with Gasteiger partial charge in [-0.1, -0.05) is 54.2 Å². The molecular formula is C18H16N4OS. The molecule has 1 N–H and O–H groups in total.